The first kappa shape index (κ1) is 13.1. The Balaban J connectivity index is 2.12. The van der Waals surface area contributed by atoms with Gasteiger partial charge in [0.2, 0.25) is 0 Å². The van der Waals surface area contributed by atoms with Crippen molar-refractivity contribution in [2.75, 3.05) is 7.11 Å². The molecule has 1 unspecified atom stereocenters. The van der Waals surface area contributed by atoms with Crippen molar-refractivity contribution in [3.8, 4) is 5.75 Å². The first-order valence-electron chi connectivity index (χ1n) is 5.75. The maximum atomic E-state index is 6.42. The van der Waals surface area contributed by atoms with Crippen molar-refractivity contribution in [2.45, 2.75) is 6.04 Å². The summed E-state index contributed by atoms with van der Waals surface area (Å²) in [7, 11) is 1.68. The molecule has 0 spiro atoms. The number of fused-ring (bicyclic) bond motifs is 1. The van der Waals surface area contributed by atoms with Gasteiger partial charge >= 0.3 is 0 Å². The molecular weight excluding hydrogens is 342 g/mol. The van der Waals surface area contributed by atoms with Crippen molar-refractivity contribution in [2.24, 2.45) is 5.73 Å². The average Bonchev–Trinajstić information content (AvgIpc) is 3.05. The third-order valence-corrected chi connectivity index (χ3v) is 6.03. The van der Waals surface area contributed by atoms with Gasteiger partial charge in [-0.2, -0.15) is 0 Å². The number of hydrogen-bond donors (Lipinski definition) is 1. The summed E-state index contributed by atoms with van der Waals surface area (Å²) in [5.41, 5.74) is 7.57. The van der Waals surface area contributed by atoms with Gasteiger partial charge in [-0.25, -0.2) is 0 Å². The van der Waals surface area contributed by atoms with E-state index in [-0.39, 0.29) is 6.04 Å². The lowest BCUT2D eigenvalue weighted by Crippen LogP contribution is -2.10. The summed E-state index contributed by atoms with van der Waals surface area (Å²) in [6.45, 7) is 0. The van der Waals surface area contributed by atoms with E-state index in [1.165, 1.54) is 10.1 Å². The van der Waals surface area contributed by atoms with E-state index in [1.54, 1.807) is 29.8 Å². The highest BCUT2D eigenvalue weighted by Crippen LogP contribution is 2.40. The number of halogens is 1. The third-order valence-electron chi connectivity index (χ3n) is 3.08. The molecule has 2 heterocycles. The number of thiophene rings is 2. The highest BCUT2D eigenvalue weighted by molar-refractivity contribution is 9.10. The predicted molar refractivity (Wildman–Crippen MR) is 86.4 cm³/mol. The summed E-state index contributed by atoms with van der Waals surface area (Å²) in [6.07, 6.45) is 0. The predicted octanol–water partition coefficient (Wildman–Crippen LogP) is 4.78. The Morgan fingerprint density at radius 1 is 1.26 bits per heavy atom. The minimum Gasteiger partial charge on any atom is -0.496 e. The van der Waals surface area contributed by atoms with Crippen LogP contribution in [0.2, 0.25) is 0 Å². The highest BCUT2D eigenvalue weighted by atomic mass is 79.9. The Hall–Kier alpha value is -0.880. The molecule has 5 heteroatoms. The Kier molecular flexibility index (Phi) is 3.62. The van der Waals surface area contributed by atoms with Gasteiger partial charge in [0.15, 0.2) is 0 Å². The zero-order valence-electron chi connectivity index (χ0n) is 10.2. The van der Waals surface area contributed by atoms with Crippen molar-refractivity contribution in [1.29, 1.82) is 0 Å². The molecule has 0 aliphatic heterocycles. The Bertz CT molecular complexity index is 719. The Morgan fingerprint density at radius 3 is 2.89 bits per heavy atom. The molecule has 1 aromatic carbocycles. The van der Waals surface area contributed by atoms with Crippen LogP contribution in [-0.4, -0.2) is 7.11 Å². The lowest BCUT2D eigenvalue weighted by molar-refractivity contribution is 0.411. The Labute approximate surface area is 128 Å². The van der Waals surface area contributed by atoms with Crippen molar-refractivity contribution in [3.05, 3.63) is 49.9 Å². The normalized spacial score (nSPS) is 12.8. The maximum Gasteiger partial charge on any atom is 0.134 e. The zero-order chi connectivity index (χ0) is 13.4. The Morgan fingerprint density at radius 2 is 2.11 bits per heavy atom. The fourth-order valence-corrected chi connectivity index (χ4v) is 4.67. The zero-order valence-corrected chi connectivity index (χ0v) is 13.4. The van der Waals surface area contributed by atoms with E-state index in [9.17, 15) is 0 Å². The maximum absolute atomic E-state index is 6.42. The topological polar surface area (TPSA) is 35.2 Å². The number of ether oxygens (including phenoxy) is 1. The van der Waals surface area contributed by atoms with Crippen molar-refractivity contribution < 1.29 is 4.74 Å². The second-order valence-corrected chi connectivity index (χ2v) is 6.82. The van der Waals surface area contributed by atoms with E-state index in [2.05, 4.69) is 33.4 Å². The summed E-state index contributed by atoms with van der Waals surface area (Å²) in [4.78, 5) is 1.07. The molecule has 2 aromatic heterocycles. The number of hydrogen-bond acceptors (Lipinski definition) is 4. The van der Waals surface area contributed by atoms with Crippen LogP contribution in [0.15, 0.2) is 39.5 Å². The molecule has 0 saturated heterocycles. The number of methoxy groups -OCH3 is 1. The van der Waals surface area contributed by atoms with Crippen LogP contribution in [0, 0.1) is 0 Å². The molecule has 0 aliphatic carbocycles. The van der Waals surface area contributed by atoms with Crippen LogP contribution < -0.4 is 10.5 Å². The molecule has 3 rings (SSSR count). The van der Waals surface area contributed by atoms with E-state index >= 15 is 0 Å². The monoisotopic (exact) mass is 353 g/mol. The number of rotatable bonds is 3. The van der Waals surface area contributed by atoms with E-state index < -0.39 is 0 Å². The van der Waals surface area contributed by atoms with Gasteiger partial charge < -0.3 is 10.5 Å². The molecule has 2 nitrogen and oxygen atoms in total. The molecular formula is C14H12BrNOS2. The number of benzene rings is 1. The summed E-state index contributed by atoms with van der Waals surface area (Å²) in [5.74, 6) is 0.867. The first-order valence-corrected chi connectivity index (χ1v) is 8.30. The molecule has 2 N–H and O–H groups in total. The van der Waals surface area contributed by atoms with Crippen LogP contribution >= 0.6 is 38.6 Å². The third kappa shape index (κ3) is 2.21. The standard InChI is InChI=1S/C14H12BrNOS2/c1-17-11-5-6-18-14(11)12(16)9-7-19-13-8(9)3-2-4-10(13)15/h2-7,12H,16H2,1H3. The van der Waals surface area contributed by atoms with Gasteiger partial charge in [-0.1, -0.05) is 12.1 Å². The fraction of sp³-hybridized carbons (Fsp3) is 0.143. The molecule has 0 bridgehead atoms. The fourth-order valence-electron chi connectivity index (χ4n) is 2.13. The lowest BCUT2D eigenvalue weighted by Gasteiger charge is -2.11. The number of nitrogens with two attached hydrogens (primary N) is 1. The summed E-state index contributed by atoms with van der Waals surface area (Å²) in [6, 6.07) is 8.04. The molecule has 0 radical (unpaired) electrons. The van der Waals surface area contributed by atoms with E-state index in [1.807, 2.05) is 17.5 Å². The van der Waals surface area contributed by atoms with E-state index in [4.69, 9.17) is 10.5 Å². The molecule has 0 amide bonds. The quantitative estimate of drug-likeness (QED) is 0.735. The van der Waals surface area contributed by atoms with Gasteiger partial charge in [0.1, 0.15) is 5.75 Å². The van der Waals surface area contributed by atoms with Crippen LogP contribution in [0.4, 0.5) is 0 Å². The molecule has 19 heavy (non-hydrogen) atoms. The van der Waals surface area contributed by atoms with Crippen molar-refractivity contribution in [1.82, 2.24) is 0 Å². The van der Waals surface area contributed by atoms with Gasteiger partial charge in [0.05, 0.1) is 18.0 Å². The van der Waals surface area contributed by atoms with Gasteiger partial charge in [0, 0.05) is 9.17 Å². The molecule has 1 atom stereocenters. The van der Waals surface area contributed by atoms with Crippen molar-refractivity contribution in [3.63, 3.8) is 0 Å². The van der Waals surface area contributed by atoms with Gasteiger partial charge in [-0.05, 0) is 49.8 Å². The van der Waals surface area contributed by atoms with E-state index in [0.29, 0.717) is 0 Å². The first-order chi connectivity index (χ1) is 9.22. The smallest absolute Gasteiger partial charge is 0.134 e. The summed E-state index contributed by atoms with van der Waals surface area (Å²) in [5, 5.41) is 5.36. The minimum absolute atomic E-state index is 0.141. The molecule has 0 fully saturated rings. The van der Waals surface area contributed by atoms with Gasteiger partial charge in [0.25, 0.3) is 0 Å². The van der Waals surface area contributed by atoms with Crippen LogP contribution in [0.5, 0.6) is 5.75 Å². The van der Waals surface area contributed by atoms with Crippen LogP contribution in [-0.2, 0) is 0 Å². The molecule has 98 valence electrons. The minimum atomic E-state index is -0.141. The molecule has 0 saturated carbocycles. The highest BCUT2D eigenvalue weighted by Gasteiger charge is 2.19. The van der Waals surface area contributed by atoms with Crippen LogP contribution in [0.25, 0.3) is 10.1 Å². The summed E-state index contributed by atoms with van der Waals surface area (Å²) >= 11 is 6.94. The molecule has 0 aliphatic rings. The van der Waals surface area contributed by atoms with Crippen molar-refractivity contribution >= 4 is 48.7 Å². The summed E-state index contributed by atoms with van der Waals surface area (Å²) < 4.78 is 7.72. The average molecular weight is 354 g/mol. The van der Waals surface area contributed by atoms with Gasteiger partial charge in [-0.3, -0.25) is 0 Å². The van der Waals surface area contributed by atoms with Crippen LogP contribution in [0.3, 0.4) is 0 Å². The molecule has 3 aromatic rings. The second kappa shape index (κ2) is 5.25. The SMILES string of the molecule is COc1ccsc1C(N)c1csc2c(Br)cccc12. The largest absolute Gasteiger partial charge is 0.496 e. The van der Waals surface area contributed by atoms with Gasteiger partial charge in [-0.15, -0.1) is 22.7 Å². The second-order valence-electron chi connectivity index (χ2n) is 4.14. The van der Waals surface area contributed by atoms with Crippen LogP contribution in [0.1, 0.15) is 16.5 Å². The lowest BCUT2D eigenvalue weighted by atomic mass is 10.0. The van der Waals surface area contributed by atoms with E-state index in [0.717, 1.165) is 20.7 Å².